The maximum atomic E-state index is 10.3. The van der Waals surface area contributed by atoms with E-state index < -0.39 is 5.97 Å². The first-order chi connectivity index (χ1) is 11.8. The molecular weight excluding hydrogens is 411 g/mol. The predicted molar refractivity (Wildman–Crippen MR) is 114 cm³/mol. The number of unbranched alkanes of at least 4 members (excludes halogenated alkanes) is 3. The Balaban J connectivity index is 3.42. The summed E-state index contributed by atoms with van der Waals surface area (Å²) < 4.78 is 1.08. The average molecular weight is 442 g/mol. The number of alkyl halides is 1. The summed E-state index contributed by atoms with van der Waals surface area (Å²) in [6.45, 7) is 0. The van der Waals surface area contributed by atoms with E-state index in [9.17, 15) is 4.79 Å². The number of carbonyl (C=O) groups is 1. The first-order valence-corrected chi connectivity index (χ1v) is 10.3. The molecule has 0 bridgehead atoms. The van der Waals surface area contributed by atoms with Crippen molar-refractivity contribution in [3.8, 4) is 0 Å². The van der Waals surface area contributed by atoms with Crippen molar-refractivity contribution in [2.45, 2.75) is 57.8 Å². The molecule has 3 heteroatoms. The third kappa shape index (κ3) is 20.9. The summed E-state index contributed by atoms with van der Waals surface area (Å²) in [6, 6.07) is 0. The summed E-state index contributed by atoms with van der Waals surface area (Å²) in [6.07, 6.45) is 30.2. The molecule has 0 rings (SSSR count). The van der Waals surface area contributed by atoms with Crippen LogP contribution in [0.2, 0.25) is 0 Å². The smallest absolute Gasteiger partial charge is 0.303 e. The van der Waals surface area contributed by atoms with Crippen LogP contribution in [0.5, 0.6) is 0 Å². The number of hydrogen-bond donors (Lipinski definition) is 1. The second-order valence-corrected chi connectivity index (χ2v) is 6.33. The van der Waals surface area contributed by atoms with Crippen LogP contribution in [0.3, 0.4) is 0 Å². The molecule has 0 aliphatic heterocycles. The van der Waals surface area contributed by atoms with Crippen molar-refractivity contribution in [1.29, 1.82) is 0 Å². The Morgan fingerprint density at radius 1 is 0.667 bits per heavy atom. The van der Waals surface area contributed by atoms with Gasteiger partial charge in [-0.3, -0.25) is 4.79 Å². The fourth-order valence-electron chi connectivity index (χ4n) is 1.98. The zero-order chi connectivity index (χ0) is 17.7. The molecule has 0 aliphatic carbocycles. The fraction of sp³-hybridized carbons (Fsp3) is 0.476. The van der Waals surface area contributed by atoms with Crippen LogP contribution in [-0.2, 0) is 4.79 Å². The van der Waals surface area contributed by atoms with Crippen LogP contribution in [-0.4, -0.2) is 15.5 Å². The Hall–Kier alpha value is -1.10. The van der Waals surface area contributed by atoms with Crippen molar-refractivity contribution in [3.05, 3.63) is 60.8 Å². The van der Waals surface area contributed by atoms with Gasteiger partial charge in [0, 0.05) is 10.8 Å². The Kier molecular flexibility index (Phi) is 19.0. The standard InChI is InChI=1S/C21H31IO2/c22-20-18-16-14-12-10-8-6-4-2-1-3-5-7-9-11-13-15-17-19-21(23)24/h1,3-4,6-7,9-10,12,16,18H,2,5,8,11,13-15,17,19-20H2,(H,23,24)/b3-1-,6-4-,9-7-,12-10-,18-16-. The van der Waals surface area contributed by atoms with Gasteiger partial charge in [-0.2, -0.15) is 0 Å². The summed E-state index contributed by atoms with van der Waals surface area (Å²) in [5, 5.41) is 8.52. The van der Waals surface area contributed by atoms with Crippen LogP contribution in [0.15, 0.2) is 60.8 Å². The van der Waals surface area contributed by atoms with Gasteiger partial charge in [-0.15, -0.1) is 0 Å². The van der Waals surface area contributed by atoms with E-state index in [1.54, 1.807) is 0 Å². The molecule has 0 aromatic heterocycles. The van der Waals surface area contributed by atoms with Gasteiger partial charge >= 0.3 is 5.97 Å². The van der Waals surface area contributed by atoms with Crippen LogP contribution in [0.1, 0.15) is 57.8 Å². The average Bonchev–Trinajstić information content (AvgIpc) is 2.56. The minimum atomic E-state index is -0.690. The van der Waals surface area contributed by atoms with E-state index in [1.165, 1.54) is 0 Å². The number of rotatable bonds is 15. The zero-order valence-corrected chi connectivity index (χ0v) is 16.7. The van der Waals surface area contributed by atoms with Gasteiger partial charge in [0.1, 0.15) is 0 Å². The molecule has 0 atom stereocenters. The van der Waals surface area contributed by atoms with Crippen LogP contribution in [0.25, 0.3) is 0 Å². The maximum Gasteiger partial charge on any atom is 0.303 e. The lowest BCUT2D eigenvalue weighted by atomic mass is 10.1. The highest BCUT2D eigenvalue weighted by Gasteiger charge is 1.94. The Morgan fingerprint density at radius 2 is 1.12 bits per heavy atom. The summed E-state index contributed by atoms with van der Waals surface area (Å²) in [4.78, 5) is 10.3. The molecule has 0 saturated heterocycles. The van der Waals surface area contributed by atoms with E-state index in [0.29, 0.717) is 6.42 Å². The molecular formula is C21H31IO2. The van der Waals surface area contributed by atoms with Gasteiger partial charge < -0.3 is 5.11 Å². The van der Waals surface area contributed by atoms with Crippen molar-refractivity contribution in [3.63, 3.8) is 0 Å². The zero-order valence-electron chi connectivity index (χ0n) is 14.6. The lowest BCUT2D eigenvalue weighted by Gasteiger charge is -1.94. The van der Waals surface area contributed by atoms with E-state index in [1.807, 2.05) is 0 Å². The molecule has 134 valence electrons. The minimum absolute atomic E-state index is 0.297. The molecule has 0 saturated carbocycles. The third-order valence-corrected chi connectivity index (χ3v) is 3.78. The van der Waals surface area contributed by atoms with E-state index in [4.69, 9.17) is 5.11 Å². The van der Waals surface area contributed by atoms with Gasteiger partial charge in [-0.25, -0.2) is 0 Å². The normalized spacial score (nSPS) is 12.7. The van der Waals surface area contributed by atoms with E-state index in [-0.39, 0.29) is 0 Å². The SMILES string of the molecule is O=C(O)CCCCC/C=C\C/C=C\C/C=C\C/C=C\C/C=C\CI. The molecule has 24 heavy (non-hydrogen) atoms. The van der Waals surface area contributed by atoms with Crippen LogP contribution < -0.4 is 0 Å². The highest BCUT2D eigenvalue weighted by Crippen LogP contribution is 2.04. The second kappa shape index (κ2) is 19.9. The Bertz CT molecular complexity index is 431. The Labute approximate surface area is 161 Å². The molecule has 0 heterocycles. The van der Waals surface area contributed by atoms with Gasteiger partial charge in [0.15, 0.2) is 0 Å². The fourth-order valence-corrected chi connectivity index (χ4v) is 2.34. The maximum absolute atomic E-state index is 10.3. The number of halogens is 1. The predicted octanol–water partition coefficient (Wildman–Crippen LogP) is 6.80. The number of hydrogen-bond acceptors (Lipinski definition) is 1. The van der Waals surface area contributed by atoms with Gasteiger partial charge in [0.05, 0.1) is 0 Å². The van der Waals surface area contributed by atoms with Gasteiger partial charge in [-0.05, 0) is 44.9 Å². The van der Waals surface area contributed by atoms with Crippen LogP contribution in [0.4, 0.5) is 0 Å². The molecule has 0 amide bonds. The van der Waals surface area contributed by atoms with Crippen LogP contribution in [0, 0.1) is 0 Å². The van der Waals surface area contributed by atoms with Crippen molar-refractivity contribution in [2.75, 3.05) is 4.43 Å². The molecule has 2 nitrogen and oxygen atoms in total. The number of carboxylic acid groups (broad SMARTS) is 1. The van der Waals surface area contributed by atoms with Crippen LogP contribution >= 0.6 is 22.6 Å². The highest BCUT2D eigenvalue weighted by atomic mass is 127. The summed E-state index contributed by atoms with van der Waals surface area (Å²) >= 11 is 2.34. The number of allylic oxidation sites excluding steroid dienone is 10. The monoisotopic (exact) mass is 442 g/mol. The molecule has 0 aromatic rings. The number of carboxylic acids is 1. The summed E-state index contributed by atoms with van der Waals surface area (Å²) in [7, 11) is 0. The topological polar surface area (TPSA) is 37.3 Å². The van der Waals surface area contributed by atoms with Crippen molar-refractivity contribution < 1.29 is 9.90 Å². The lowest BCUT2D eigenvalue weighted by Crippen LogP contribution is -1.93. The summed E-state index contributed by atoms with van der Waals surface area (Å²) in [5.74, 6) is -0.690. The highest BCUT2D eigenvalue weighted by molar-refractivity contribution is 14.1. The van der Waals surface area contributed by atoms with Gasteiger partial charge in [-0.1, -0.05) is 89.8 Å². The minimum Gasteiger partial charge on any atom is -0.481 e. The largest absolute Gasteiger partial charge is 0.481 e. The molecule has 1 N–H and O–H groups in total. The van der Waals surface area contributed by atoms with Crippen molar-refractivity contribution in [1.82, 2.24) is 0 Å². The molecule has 0 aliphatic rings. The van der Waals surface area contributed by atoms with E-state index >= 15 is 0 Å². The molecule has 0 spiro atoms. The third-order valence-electron chi connectivity index (χ3n) is 3.27. The molecule has 0 fully saturated rings. The van der Waals surface area contributed by atoms with E-state index in [0.717, 1.165) is 55.8 Å². The van der Waals surface area contributed by atoms with E-state index in [2.05, 4.69) is 83.4 Å². The Morgan fingerprint density at radius 3 is 1.58 bits per heavy atom. The molecule has 0 unspecified atom stereocenters. The quantitative estimate of drug-likeness (QED) is 0.131. The number of aliphatic carboxylic acids is 1. The first-order valence-electron chi connectivity index (χ1n) is 8.80. The van der Waals surface area contributed by atoms with Crippen molar-refractivity contribution >= 4 is 28.6 Å². The van der Waals surface area contributed by atoms with Crippen molar-refractivity contribution in [2.24, 2.45) is 0 Å². The lowest BCUT2D eigenvalue weighted by molar-refractivity contribution is -0.137. The van der Waals surface area contributed by atoms with Gasteiger partial charge in [0.2, 0.25) is 0 Å². The molecule has 0 radical (unpaired) electrons. The first kappa shape index (κ1) is 22.9. The second-order valence-electron chi connectivity index (χ2n) is 5.45. The summed E-state index contributed by atoms with van der Waals surface area (Å²) in [5.41, 5.74) is 0. The molecule has 0 aromatic carbocycles. The van der Waals surface area contributed by atoms with Gasteiger partial charge in [0.25, 0.3) is 0 Å².